The molecule has 1 spiro atoms. The van der Waals surface area contributed by atoms with Crippen LogP contribution in [-0.2, 0) is 25.7 Å². The lowest BCUT2D eigenvalue weighted by Crippen LogP contribution is -2.59. The number of hydrogen-bond acceptors (Lipinski definition) is 5. The molecular weight excluding hydrogens is 518 g/mol. The first-order chi connectivity index (χ1) is 19.7. The third kappa shape index (κ3) is 5.86. The van der Waals surface area contributed by atoms with Crippen LogP contribution in [0.25, 0.3) is 0 Å². The standard InChI is InChI=1S/C33H47N3O5/c1-6-9-19-34(17-7-2)32(40)29-33-16-15-26(41-33)27(28(33)31(39)36(29)25(22-37)20-23(4)5)30(38)35(18-8-3)21-24-13-11-10-12-14-24/h7-8,10-14,23,25-29,37H,2-3,6,9,15-22H2,1,4-5H3/t25-,26+,27-,28+,29?,33?/m1/s1. The van der Waals surface area contributed by atoms with Gasteiger partial charge in [0.05, 0.1) is 30.6 Å². The van der Waals surface area contributed by atoms with Crippen LogP contribution in [0.15, 0.2) is 55.6 Å². The zero-order chi connectivity index (χ0) is 29.7. The second-order valence-electron chi connectivity index (χ2n) is 12.2. The predicted octanol–water partition coefficient (Wildman–Crippen LogP) is 3.80. The molecule has 3 saturated heterocycles. The Morgan fingerprint density at radius 2 is 1.83 bits per heavy atom. The highest BCUT2D eigenvalue weighted by molar-refractivity contribution is 5.99. The molecule has 41 heavy (non-hydrogen) atoms. The molecule has 1 aromatic rings. The SMILES string of the molecule is C=CCN(CCCC)C(=O)C1N([C@@H](CO)CC(C)C)C(=O)[C@@H]2[C@H](C(=O)N(CC=C)Cc3ccccc3)[C@@H]3CCC12O3. The van der Waals surface area contributed by atoms with Gasteiger partial charge in [-0.25, -0.2) is 0 Å². The van der Waals surface area contributed by atoms with Crippen molar-refractivity contribution in [1.82, 2.24) is 14.7 Å². The Hall–Kier alpha value is -2.97. The lowest BCUT2D eigenvalue weighted by molar-refractivity contribution is -0.152. The number of aliphatic hydroxyl groups is 1. The molecule has 6 atom stereocenters. The van der Waals surface area contributed by atoms with Crippen molar-refractivity contribution in [2.75, 3.05) is 26.2 Å². The van der Waals surface area contributed by atoms with E-state index in [2.05, 4.69) is 20.1 Å². The predicted molar refractivity (Wildman–Crippen MR) is 159 cm³/mol. The van der Waals surface area contributed by atoms with E-state index >= 15 is 0 Å². The van der Waals surface area contributed by atoms with Gasteiger partial charge < -0.3 is 24.5 Å². The Morgan fingerprint density at radius 1 is 1.15 bits per heavy atom. The fourth-order valence-electron chi connectivity index (χ4n) is 7.24. The molecule has 1 aromatic carbocycles. The highest BCUT2D eigenvalue weighted by Gasteiger charge is 2.75. The summed E-state index contributed by atoms with van der Waals surface area (Å²) in [5.41, 5.74) is -0.107. The van der Waals surface area contributed by atoms with Gasteiger partial charge in [-0.1, -0.05) is 69.7 Å². The summed E-state index contributed by atoms with van der Waals surface area (Å²) in [5, 5.41) is 10.5. The summed E-state index contributed by atoms with van der Waals surface area (Å²) < 4.78 is 6.67. The Morgan fingerprint density at radius 3 is 2.44 bits per heavy atom. The molecule has 4 rings (SSSR count). The van der Waals surface area contributed by atoms with Crippen LogP contribution in [0.3, 0.4) is 0 Å². The van der Waals surface area contributed by atoms with Crippen LogP contribution in [0.1, 0.15) is 58.4 Å². The molecule has 3 amide bonds. The van der Waals surface area contributed by atoms with E-state index in [-0.39, 0.29) is 30.2 Å². The van der Waals surface area contributed by atoms with E-state index in [9.17, 15) is 19.5 Å². The number of rotatable bonds is 15. The summed E-state index contributed by atoms with van der Waals surface area (Å²) in [5.74, 6) is -1.86. The zero-order valence-corrected chi connectivity index (χ0v) is 24.9. The van der Waals surface area contributed by atoms with E-state index in [1.165, 1.54) is 0 Å². The van der Waals surface area contributed by atoms with Crippen LogP contribution < -0.4 is 0 Å². The molecule has 3 aliphatic heterocycles. The molecule has 8 heteroatoms. The van der Waals surface area contributed by atoms with Gasteiger partial charge in [-0.15, -0.1) is 13.2 Å². The highest BCUT2D eigenvalue weighted by Crippen LogP contribution is 2.59. The molecule has 2 bridgehead atoms. The van der Waals surface area contributed by atoms with Crippen LogP contribution in [-0.4, -0.2) is 87.6 Å². The largest absolute Gasteiger partial charge is 0.394 e. The monoisotopic (exact) mass is 565 g/mol. The van der Waals surface area contributed by atoms with Crippen LogP contribution in [0.5, 0.6) is 0 Å². The number of fused-ring (bicyclic) bond motifs is 1. The van der Waals surface area contributed by atoms with Crippen molar-refractivity contribution in [3.63, 3.8) is 0 Å². The molecule has 3 heterocycles. The number of amides is 3. The van der Waals surface area contributed by atoms with E-state index < -0.39 is 35.6 Å². The fraction of sp³-hybridized carbons (Fsp3) is 0.606. The van der Waals surface area contributed by atoms with Gasteiger partial charge in [0.2, 0.25) is 17.7 Å². The summed E-state index contributed by atoms with van der Waals surface area (Å²) in [6, 6.07) is 8.33. The van der Waals surface area contributed by atoms with Crippen molar-refractivity contribution in [1.29, 1.82) is 0 Å². The zero-order valence-electron chi connectivity index (χ0n) is 24.9. The Bertz CT molecular complexity index is 1110. The molecule has 0 aromatic heterocycles. The van der Waals surface area contributed by atoms with E-state index in [4.69, 9.17) is 4.74 Å². The second kappa shape index (κ2) is 13.3. The summed E-state index contributed by atoms with van der Waals surface area (Å²) in [6.07, 6.45) is 6.40. The number of hydrogen-bond donors (Lipinski definition) is 1. The fourth-order valence-corrected chi connectivity index (χ4v) is 7.24. The first-order valence-corrected chi connectivity index (χ1v) is 15.2. The molecule has 0 aliphatic carbocycles. The first-order valence-electron chi connectivity index (χ1n) is 15.2. The number of carbonyl (C=O) groups is 3. The Balaban J connectivity index is 1.74. The first kappa shape index (κ1) is 31.0. The minimum absolute atomic E-state index is 0.148. The van der Waals surface area contributed by atoms with E-state index in [1.807, 2.05) is 44.2 Å². The third-order valence-electron chi connectivity index (χ3n) is 8.92. The molecule has 3 fully saturated rings. The summed E-state index contributed by atoms with van der Waals surface area (Å²) >= 11 is 0. The van der Waals surface area contributed by atoms with Gasteiger partial charge in [-0.3, -0.25) is 14.4 Å². The smallest absolute Gasteiger partial charge is 0.248 e. The summed E-state index contributed by atoms with van der Waals surface area (Å²) in [4.78, 5) is 48.2. The number of carbonyl (C=O) groups excluding carboxylic acids is 3. The normalized spacial score (nSPS) is 27.1. The van der Waals surface area contributed by atoms with Crippen molar-refractivity contribution in [2.24, 2.45) is 17.8 Å². The molecule has 224 valence electrons. The maximum atomic E-state index is 14.5. The average molecular weight is 566 g/mol. The lowest BCUT2D eigenvalue weighted by Gasteiger charge is -2.39. The number of ether oxygens (including phenoxy) is 1. The maximum absolute atomic E-state index is 14.5. The lowest BCUT2D eigenvalue weighted by atomic mass is 9.70. The second-order valence-corrected chi connectivity index (χ2v) is 12.2. The number of unbranched alkanes of at least 4 members (excludes halogenated alkanes) is 1. The average Bonchev–Trinajstić information content (AvgIpc) is 3.61. The van der Waals surface area contributed by atoms with Crippen LogP contribution >= 0.6 is 0 Å². The molecule has 3 aliphatic rings. The number of nitrogens with zero attached hydrogens (tertiary/aromatic N) is 3. The molecular formula is C33H47N3O5. The van der Waals surface area contributed by atoms with Crippen LogP contribution in [0.2, 0.25) is 0 Å². The minimum atomic E-state index is -1.10. The summed E-state index contributed by atoms with van der Waals surface area (Å²) in [7, 11) is 0. The number of aliphatic hydroxyl groups excluding tert-OH is 1. The minimum Gasteiger partial charge on any atom is -0.394 e. The molecule has 8 nitrogen and oxygen atoms in total. The van der Waals surface area contributed by atoms with Crippen molar-refractivity contribution >= 4 is 17.7 Å². The summed E-state index contributed by atoms with van der Waals surface area (Å²) in [6.45, 7) is 15.3. The Labute approximate surface area is 245 Å². The molecule has 0 saturated carbocycles. The van der Waals surface area contributed by atoms with Gasteiger partial charge in [0, 0.05) is 26.2 Å². The van der Waals surface area contributed by atoms with Gasteiger partial charge in [-0.2, -0.15) is 0 Å². The van der Waals surface area contributed by atoms with Crippen molar-refractivity contribution in [2.45, 2.75) is 83.2 Å². The van der Waals surface area contributed by atoms with Crippen LogP contribution in [0.4, 0.5) is 0 Å². The number of likely N-dealkylation sites (tertiary alicyclic amines) is 1. The van der Waals surface area contributed by atoms with E-state index in [1.54, 1.807) is 26.9 Å². The molecule has 0 radical (unpaired) electrons. The van der Waals surface area contributed by atoms with Crippen molar-refractivity contribution in [3.8, 4) is 0 Å². The molecule has 1 N–H and O–H groups in total. The van der Waals surface area contributed by atoms with Gasteiger partial charge in [0.15, 0.2) is 0 Å². The third-order valence-corrected chi connectivity index (χ3v) is 8.92. The highest BCUT2D eigenvalue weighted by atomic mass is 16.5. The van der Waals surface area contributed by atoms with Crippen LogP contribution in [0, 0.1) is 17.8 Å². The van der Waals surface area contributed by atoms with Gasteiger partial charge in [0.25, 0.3) is 0 Å². The van der Waals surface area contributed by atoms with E-state index in [0.29, 0.717) is 45.4 Å². The quantitative estimate of drug-likeness (QED) is 0.327. The Kier molecular flexibility index (Phi) is 10.1. The van der Waals surface area contributed by atoms with E-state index in [0.717, 1.165) is 18.4 Å². The van der Waals surface area contributed by atoms with Crippen molar-refractivity contribution < 1.29 is 24.2 Å². The maximum Gasteiger partial charge on any atom is 0.248 e. The van der Waals surface area contributed by atoms with Gasteiger partial charge in [0.1, 0.15) is 11.6 Å². The van der Waals surface area contributed by atoms with Gasteiger partial charge in [-0.05, 0) is 37.2 Å². The number of benzene rings is 1. The topological polar surface area (TPSA) is 90.4 Å². The van der Waals surface area contributed by atoms with Gasteiger partial charge >= 0.3 is 0 Å². The molecule has 2 unspecified atom stereocenters. The van der Waals surface area contributed by atoms with Crippen molar-refractivity contribution in [3.05, 3.63) is 61.2 Å².